The fraction of sp³-hybridized carbons (Fsp3) is 0.154. The summed E-state index contributed by atoms with van der Waals surface area (Å²) in [5.74, 6) is -4.96. The van der Waals surface area contributed by atoms with E-state index in [1.165, 1.54) is 24.3 Å². The van der Waals surface area contributed by atoms with Crippen LogP contribution in [0.3, 0.4) is 0 Å². The number of nitrogens with zero attached hydrogens (tertiary/aromatic N) is 1. The van der Waals surface area contributed by atoms with Crippen LogP contribution in [0.1, 0.15) is 32.4 Å². The first-order valence-corrected chi connectivity index (χ1v) is 11.4. The maximum absolute atomic E-state index is 13.9. The van der Waals surface area contributed by atoms with E-state index in [-0.39, 0.29) is 26.9 Å². The summed E-state index contributed by atoms with van der Waals surface area (Å²) in [6, 6.07) is 19.8. The second-order valence-corrected chi connectivity index (χ2v) is 9.26. The van der Waals surface area contributed by atoms with Crippen LogP contribution in [-0.2, 0) is 14.3 Å². The Labute approximate surface area is 204 Å². The lowest BCUT2D eigenvalue weighted by atomic mass is 9.77. The maximum atomic E-state index is 13.9. The van der Waals surface area contributed by atoms with Crippen LogP contribution in [0.5, 0.6) is 0 Å². The van der Waals surface area contributed by atoms with Crippen LogP contribution in [0, 0.1) is 11.8 Å². The van der Waals surface area contributed by atoms with Gasteiger partial charge in [-0.05, 0) is 17.7 Å². The minimum Gasteiger partial charge on any atom is -0.349 e. The van der Waals surface area contributed by atoms with Gasteiger partial charge in [0.05, 0.1) is 33.7 Å². The molecule has 0 aromatic heterocycles. The SMILES string of the molecule is O=C1[C@H]2[C@@H](C(=O)N1c1cccc(Cl)c1Cl)C1(O[C@H]2c2ccccc2)C(=O)c2ccccc2C1=O. The van der Waals surface area contributed by atoms with Crippen molar-refractivity contribution in [3.8, 4) is 0 Å². The van der Waals surface area contributed by atoms with E-state index in [4.69, 9.17) is 27.9 Å². The van der Waals surface area contributed by atoms with Gasteiger partial charge in [-0.1, -0.05) is 83.9 Å². The summed E-state index contributed by atoms with van der Waals surface area (Å²) < 4.78 is 6.22. The molecule has 0 radical (unpaired) electrons. The number of carbonyl (C=O) groups excluding carboxylic acids is 4. The van der Waals surface area contributed by atoms with Crippen LogP contribution in [0.25, 0.3) is 0 Å². The number of Topliss-reactive ketones (excluding diaryl/α,β-unsaturated/α-hetero) is 2. The van der Waals surface area contributed by atoms with Gasteiger partial charge >= 0.3 is 0 Å². The molecule has 0 bridgehead atoms. The molecule has 0 saturated carbocycles. The van der Waals surface area contributed by atoms with Gasteiger partial charge in [0.2, 0.25) is 29.0 Å². The Hall–Kier alpha value is -3.32. The van der Waals surface area contributed by atoms with E-state index >= 15 is 0 Å². The van der Waals surface area contributed by atoms with Gasteiger partial charge in [-0.3, -0.25) is 19.2 Å². The molecule has 2 amide bonds. The van der Waals surface area contributed by atoms with Crippen LogP contribution >= 0.6 is 23.2 Å². The van der Waals surface area contributed by atoms with Gasteiger partial charge in [0.1, 0.15) is 0 Å². The first-order valence-electron chi connectivity index (χ1n) is 10.6. The van der Waals surface area contributed by atoms with Gasteiger partial charge in [0.25, 0.3) is 0 Å². The molecule has 2 fully saturated rings. The summed E-state index contributed by atoms with van der Waals surface area (Å²) >= 11 is 12.5. The molecule has 1 aliphatic carbocycles. The van der Waals surface area contributed by atoms with E-state index in [1.54, 1.807) is 48.5 Å². The normalized spacial score (nSPS) is 24.8. The quantitative estimate of drug-likeness (QED) is 0.383. The molecule has 6 nitrogen and oxygen atoms in total. The summed E-state index contributed by atoms with van der Waals surface area (Å²) in [6.07, 6.45) is -0.979. The Balaban J connectivity index is 1.57. The third kappa shape index (κ3) is 2.56. The van der Waals surface area contributed by atoms with Crippen molar-refractivity contribution in [1.82, 2.24) is 0 Å². The van der Waals surface area contributed by atoms with Gasteiger partial charge in [0, 0.05) is 11.1 Å². The monoisotopic (exact) mass is 491 g/mol. The Kier molecular flexibility index (Phi) is 4.58. The molecule has 6 rings (SSSR count). The zero-order valence-corrected chi connectivity index (χ0v) is 18.9. The van der Waals surface area contributed by atoms with E-state index < -0.39 is 46.9 Å². The number of carbonyl (C=O) groups is 4. The topological polar surface area (TPSA) is 80.8 Å². The van der Waals surface area contributed by atoms with Crippen LogP contribution in [-0.4, -0.2) is 29.0 Å². The zero-order chi connectivity index (χ0) is 23.8. The van der Waals surface area contributed by atoms with Gasteiger partial charge in [-0.2, -0.15) is 0 Å². The van der Waals surface area contributed by atoms with E-state index in [9.17, 15) is 19.2 Å². The first-order chi connectivity index (χ1) is 16.4. The maximum Gasteiger partial charge on any atom is 0.241 e. The van der Waals surface area contributed by atoms with Gasteiger partial charge in [0.15, 0.2) is 0 Å². The third-order valence-corrected chi connectivity index (χ3v) is 7.63. The Morgan fingerprint density at radius 2 is 1.35 bits per heavy atom. The Morgan fingerprint density at radius 1 is 0.735 bits per heavy atom. The largest absolute Gasteiger partial charge is 0.349 e. The number of halogens is 2. The summed E-state index contributed by atoms with van der Waals surface area (Å²) in [5.41, 5.74) is -1.07. The molecule has 2 saturated heterocycles. The van der Waals surface area contributed by atoms with Gasteiger partial charge in [-0.25, -0.2) is 4.90 Å². The van der Waals surface area contributed by atoms with Crippen molar-refractivity contribution < 1.29 is 23.9 Å². The summed E-state index contributed by atoms with van der Waals surface area (Å²) in [4.78, 5) is 56.0. The van der Waals surface area contributed by atoms with Crippen molar-refractivity contribution in [2.45, 2.75) is 11.7 Å². The van der Waals surface area contributed by atoms with Gasteiger partial charge < -0.3 is 4.74 Å². The zero-order valence-electron chi connectivity index (χ0n) is 17.4. The molecule has 2 aliphatic heterocycles. The number of hydrogen-bond donors (Lipinski definition) is 0. The second kappa shape index (κ2) is 7.34. The fourth-order valence-corrected chi connectivity index (χ4v) is 5.74. The highest BCUT2D eigenvalue weighted by atomic mass is 35.5. The predicted octanol–water partition coefficient (Wildman–Crippen LogP) is 4.69. The molecule has 0 unspecified atom stereocenters. The lowest BCUT2D eigenvalue weighted by molar-refractivity contribution is -0.127. The van der Waals surface area contributed by atoms with Crippen molar-refractivity contribution in [3.05, 3.63) is 99.5 Å². The Bertz CT molecular complexity index is 1380. The molecule has 2 heterocycles. The minimum absolute atomic E-state index is 0.0319. The molecule has 3 atom stereocenters. The number of imide groups is 1. The number of fused-ring (bicyclic) bond motifs is 3. The number of anilines is 1. The number of rotatable bonds is 2. The average molecular weight is 492 g/mol. The van der Waals surface area contributed by atoms with E-state index in [1.807, 2.05) is 0 Å². The molecule has 3 aromatic rings. The van der Waals surface area contributed by atoms with Crippen molar-refractivity contribution in [3.63, 3.8) is 0 Å². The van der Waals surface area contributed by atoms with Crippen molar-refractivity contribution in [2.24, 2.45) is 11.8 Å². The van der Waals surface area contributed by atoms with Crippen molar-refractivity contribution in [1.29, 1.82) is 0 Å². The van der Waals surface area contributed by atoms with Crippen molar-refractivity contribution >= 4 is 52.3 Å². The number of amides is 2. The molecule has 168 valence electrons. The average Bonchev–Trinajstić information content (AvgIpc) is 3.42. The molecule has 3 aromatic carbocycles. The molecule has 34 heavy (non-hydrogen) atoms. The van der Waals surface area contributed by atoms with Crippen LogP contribution in [0.4, 0.5) is 5.69 Å². The van der Waals surface area contributed by atoms with E-state index in [0.29, 0.717) is 5.56 Å². The Morgan fingerprint density at radius 3 is 2.00 bits per heavy atom. The highest BCUT2D eigenvalue weighted by molar-refractivity contribution is 6.45. The van der Waals surface area contributed by atoms with Crippen LogP contribution in [0.2, 0.25) is 10.0 Å². The minimum atomic E-state index is -2.12. The third-order valence-electron chi connectivity index (χ3n) is 6.82. The van der Waals surface area contributed by atoms with E-state index in [0.717, 1.165) is 4.90 Å². The molecule has 8 heteroatoms. The highest BCUT2D eigenvalue weighted by Gasteiger charge is 2.74. The first kappa shape index (κ1) is 21.2. The number of ether oxygens (including phenoxy) is 1. The molecule has 3 aliphatic rings. The summed E-state index contributed by atoms with van der Waals surface area (Å²) in [7, 11) is 0. The summed E-state index contributed by atoms with van der Waals surface area (Å²) in [6.45, 7) is 0. The highest BCUT2D eigenvalue weighted by Crippen LogP contribution is 2.58. The van der Waals surface area contributed by atoms with Crippen LogP contribution in [0.15, 0.2) is 72.8 Å². The lowest BCUT2D eigenvalue weighted by Gasteiger charge is -2.27. The number of ketones is 2. The fourth-order valence-electron chi connectivity index (χ4n) is 5.36. The lowest BCUT2D eigenvalue weighted by Crippen LogP contribution is -2.51. The van der Waals surface area contributed by atoms with Crippen LogP contribution < -0.4 is 4.90 Å². The smallest absolute Gasteiger partial charge is 0.241 e. The van der Waals surface area contributed by atoms with Crippen molar-refractivity contribution in [2.75, 3.05) is 4.90 Å². The number of hydrogen-bond acceptors (Lipinski definition) is 5. The standard InChI is InChI=1S/C26H15Cl2NO5/c27-16-11-6-12-17(20(16)28)29-24(32)18-19(25(29)33)26(34-21(18)13-7-2-1-3-8-13)22(30)14-9-4-5-10-15(14)23(26)31/h1-12,18-19,21H/t18-,19-,21-/m0/s1. The number of benzene rings is 3. The predicted molar refractivity (Wildman–Crippen MR) is 124 cm³/mol. The molecule has 0 N–H and O–H groups in total. The van der Waals surface area contributed by atoms with Gasteiger partial charge in [-0.15, -0.1) is 0 Å². The molecule has 1 spiro atoms. The summed E-state index contributed by atoms with van der Waals surface area (Å²) in [5, 5.41) is 0.201. The molecular formula is C26H15Cl2NO5. The second-order valence-electron chi connectivity index (χ2n) is 8.48. The van der Waals surface area contributed by atoms with E-state index in [2.05, 4.69) is 0 Å². The molecular weight excluding hydrogens is 477 g/mol.